The van der Waals surface area contributed by atoms with Gasteiger partial charge in [0.15, 0.2) is 5.65 Å². The van der Waals surface area contributed by atoms with Gasteiger partial charge < -0.3 is 16.4 Å². The number of anilines is 2. The van der Waals surface area contributed by atoms with Crippen LogP contribution in [0.3, 0.4) is 0 Å². The molecule has 2 heterocycles. The number of amides is 2. The topological polar surface area (TPSA) is 126 Å². The first-order valence-electron chi connectivity index (χ1n) is 12.2. The molecule has 2 amide bonds. The highest BCUT2D eigenvalue weighted by Gasteiger charge is 2.30. The van der Waals surface area contributed by atoms with E-state index in [1.165, 1.54) is 47.1 Å². The molecule has 0 saturated heterocycles. The number of nitrogens with zero attached hydrogens (tertiary/aromatic N) is 3. The van der Waals surface area contributed by atoms with Crippen LogP contribution in [0.1, 0.15) is 29.5 Å². The van der Waals surface area contributed by atoms with Crippen molar-refractivity contribution in [3.8, 4) is 11.1 Å². The second-order valence-corrected chi connectivity index (χ2v) is 9.21. The Morgan fingerprint density at radius 3 is 2.67 bits per heavy atom. The van der Waals surface area contributed by atoms with Crippen LogP contribution < -0.4 is 21.7 Å². The number of nitrogens with one attached hydrogen (secondary N) is 3. The van der Waals surface area contributed by atoms with E-state index in [1.807, 2.05) is 5.32 Å². The second-order valence-electron chi connectivity index (χ2n) is 9.21. The molecule has 5 rings (SSSR count). The fraction of sp³-hybridized carbons (Fsp3) is 0.185. The third-order valence-electron chi connectivity index (χ3n) is 6.22. The molecular formula is C27H23F4N7O2. The SMILES string of the molecule is N/C(=C\c1cnn2c(NC3CC3)cc(NCc3cc(F)ccc3-c3cccc(C(F)(F)F)c3)nc12)C(=O)NC=O. The Morgan fingerprint density at radius 2 is 1.95 bits per heavy atom. The number of benzene rings is 2. The lowest BCUT2D eigenvalue weighted by Gasteiger charge is -2.15. The molecule has 0 aliphatic heterocycles. The van der Waals surface area contributed by atoms with E-state index in [0.717, 1.165) is 25.0 Å². The summed E-state index contributed by atoms with van der Waals surface area (Å²) in [6.45, 7) is 0.0402. The van der Waals surface area contributed by atoms with E-state index < -0.39 is 23.5 Å². The van der Waals surface area contributed by atoms with Crippen LogP contribution in [0.25, 0.3) is 22.9 Å². The summed E-state index contributed by atoms with van der Waals surface area (Å²) in [4.78, 5) is 27.1. The number of carbonyl (C=O) groups excluding carboxylic acids is 2. The fourth-order valence-electron chi connectivity index (χ4n) is 4.12. The maximum Gasteiger partial charge on any atom is 0.416 e. The Balaban J connectivity index is 1.49. The third-order valence-corrected chi connectivity index (χ3v) is 6.22. The fourth-order valence-corrected chi connectivity index (χ4v) is 4.12. The highest BCUT2D eigenvalue weighted by molar-refractivity contribution is 6.02. The summed E-state index contributed by atoms with van der Waals surface area (Å²) in [5, 5.41) is 12.8. The molecule has 2 aromatic heterocycles. The van der Waals surface area contributed by atoms with Crippen LogP contribution >= 0.6 is 0 Å². The zero-order valence-electron chi connectivity index (χ0n) is 20.8. The van der Waals surface area contributed by atoms with Crippen molar-refractivity contribution in [2.75, 3.05) is 10.6 Å². The molecule has 9 nitrogen and oxygen atoms in total. The van der Waals surface area contributed by atoms with Gasteiger partial charge in [0.25, 0.3) is 5.91 Å². The van der Waals surface area contributed by atoms with Crippen LogP contribution in [0.4, 0.5) is 29.2 Å². The largest absolute Gasteiger partial charge is 0.416 e. The molecule has 0 radical (unpaired) electrons. The Labute approximate surface area is 225 Å². The van der Waals surface area contributed by atoms with Crippen molar-refractivity contribution in [1.29, 1.82) is 0 Å². The van der Waals surface area contributed by atoms with Gasteiger partial charge in [0, 0.05) is 24.2 Å². The molecule has 2 aromatic carbocycles. The third kappa shape index (κ3) is 5.87. The summed E-state index contributed by atoms with van der Waals surface area (Å²) >= 11 is 0. The minimum Gasteiger partial charge on any atom is -0.394 e. The number of imide groups is 1. The van der Waals surface area contributed by atoms with Gasteiger partial charge >= 0.3 is 6.18 Å². The summed E-state index contributed by atoms with van der Waals surface area (Å²) in [5.74, 6) is -0.364. The standard InChI is InChI=1S/C27H23F4N7O2/c28-19-4-7-21(15-2-1-3-18(8-15)27(29,30)31)16(9-19)12-33-23-11-24(36-20-5-6-20)38-25(37-23)17(13-35-38)10-22(32)26(40)34-14-39/h1-4,7-11,13-14,20,36H,5-6,12,32H2,(H,33,37)(H,34,39,40)/b22-10-. The molecule has 1 aliphatic rings. The van der Waals surface area contributed by atoms with Crippen molar-refractivity contribution in [2.24, 2.45) is 5.73 Å². The van der Waals surface area contributed by atoms with E-state index in [1.54, 1.807) is 6.07 Å². The Morgan fingerprint density at radius 1 is 1.15 bits per heavy atom. The molecular weight excluding hydrogens is 530 g/mol. The minimum absolute atomic E-state index is 0.0402. The number of nitrogens with two attached hydrogens (primary N) is 1. The summed E-state index contributed by atoms with van der Waals surface area (Å²) in [6, 6.07) is 10.7. The van der Waals surface area contributed by atoms with E-state index in [9.17, 15) is 27.2 Å². The molecule has 0 atom stereocenters. The molecule has 0 spiro atoms. The Hall–Kier alpha value is -4.94. The van der Waals surface area contributed by atoms with Crippen molar-refractivity contribution in [2.45, 2.75) is 31.6 Å². The minimum atomic E-state index is -4.52. The van der Waals surface area contributed by atoms with Crippen LogP contribution in [-0.4, -0.2) is 33.0 Å². The van der Waals surface area contributed by atoms with Gasteiger partial charge in [-0.3, -0.25) is 14.9 Å². The molecule has 5 N–H and O–H groups in total. The first kappa shape index (κ1) is 26.7. The van der Waals surface area contributed by atoms with Gasteiger partial charge in [0.1, 0.15) is 17.5 Å². The predicted octanol–water partition coefficient (Wildman–Crippen LogP) is 4.31. The highest BCUT2D eigenvalue weighted by Crippen LogP contribution is 2.34. The number of fused-ring (bicyclic) bond motifs is 1. The molecule has 13 heteroatoms. The lowest BCUT2D eigenvalue weighted by molar-refractivity contribution is -0.137. The zero-order chi connectivity index (χ0) is 28.4. The van der Waals surface area contributed by atoms with E-state index in [-0.39, 0.29) is 24.7 Å². The Kier molecular flexibility index (Phi) is 7.11. The first-order chi connectivity index (χ1) is 19.1. The first-order valence-corrected chi connectivity index (χ1v) is 12.2. The van der Waals surface area contributed by atoms with Gasteiger partial charge in [-0.15, -0.1) is 0 Å². The number of rotatable bonds is 9. The van der Waals surface area contributed by atoms with Crippen LogP contribution in [0.5, 0.6) is 0 Å². The second kappa shape index (κ2) is 10.7. The van der Waals surface area contributed by atoms with Crippen molar-refractivity contribution in [1.82, 2.24) is 19.9 Å². The smallest absolute Gasteiger partial charge is 0.394 e. The van der Waals surface area contributed by atoms with E-state index in [4.69, 9.17) is 5.73 Å². The van der Waals surface area contributed by atoms with Crippen LogP contribution in [-0.2, 0) is 22.3 Å². The molecule has 40 heavy (non-hydrogen) atoms. The summed E-state index contributed by atoms with van der Waals surface area (Å²) in [6.07, 6.45) is 0.442. The number of hydrogen-bond acceptors (Lipinski definition) is 7. The number of halogens is 4. The van der Waals surface area contributed by atoms with Gasteiger partial charge in [-0.1, -0.05) is 18.2 Å². The highest BCUT2D eigenvalue weighted by atomic mass is 19.4. The molecule has 0 unspecified atom stereocenters. The molecule has 1 aliphatic carbocycles. The van der Waals surface area contributed by atoms with E-state index in [0.29, 0.717) is 39.5 Å². The van der Waals surface area contributed by atoms with Crippen molar-refractivity contribution in [3.05, 3.63) is 82.9 Å². The molecule has 4 aromatic rings. The lowest BCUT2D eigenvalue weighted by atomic mass is 9.97. The average Bonchev–Trinajstić information content (AvgIpc) is 3.65. The van der Waals surface area contributed by atoms with Crippen LogP contribution in [0.15, 0.2) is 60.4 Å². The van der Waals surface area contributed by atoms with E-state index >= 15 is 0 Å². The van der Waals surface area contributed by atoms with Crippen LogP contribution in [0, 0.1) is 5.82 Å². The number of hydrogen-bond donors (Lipinski definition) is 4. The summed E-state index contributed by atoms with van der Waals surface area (Å²) in [7, 11) is 0. The van der Waals surface area contributed by atoms with Gasteiger partial charge in [0.2, 0.25) is 6.41 Å². The van der Waals surface area contributed by atoms with E-state index in [2.05, 4.69) is 20.7 Å². The number of carbonyl (C=O) groups is 2. The van der Waals surface area contributed by atoms with Crippen molar-refractivity contribution in [3.63, 3.8) is 0 Å². The quantitative estimate of drug-likeness (QED) is 0.138. The molecule has 1 fully saturated rings. The van der Waals surface area contributed by atoms with Crippen molar-refractivity contribution >= 4 is 35.7 Å². The molecule has 206 valence electrons. The van der Waals surface area contributed by atoms with Gasteiger partial charge in [-0.05, 0) is 59.9 Å². The maximum atomic E-state index is 14.2. The van der Waals surface area contributed by atoms with Gasteiger partial charge in [0.05, 0.1) is 17.5 Å². The Bertz CT molecular complexity index is 1630. The predicted molar refractivity (Wildman–Crippen MR) is 140 cm³/mol. The van der Waals surface area contributed by atoms with Crippen LogP contribution in [0.2, 0.25) is 0 Å². The number of aromatic nitrogens is 3. The van der Waals surface area contributed by atoms with Gasteiger partial charge in [-0.2, -0.15) is 22.8 Å². The maximum absolute atomic E-state index is 14.2. The van der Waals surface area contributed by atoms with Gasteiger partial charge in [-0.25, -0.2) is 9.37 Å². The molecule has 0 bridgehead atoms. The summed E-state index contributed by atoms with van der Waals surface area (Å²) in [5.41, 5.74) is 6.64. The molecule has 1 saturated carbocycles. The zero-order valence-corrected chi connectivity index (χ0v) is 20.8. The normalized spacial score (nSPS) is 13.8. The monoisotopic (exact) mass is 553 g/mol. The summed E-state index contributed by atoms with van der Waals surface area (Å²) < 4.78 is 55.7. The lowest BCUT2D eigenvalue weighted by Crippen LogP contribution is -2.26. The van der Waals surface area contributed by atoms with Crippen molar-refractivity contribution < 1.29 is 27.2 Å². The average molecular weight is 554 g/mol. The number of alkyl halides is 3.